The van der Waals surface area contributed by atoms with Gasteiger partial charge in [-0.15, -0.1) is 0 Å². The van der Waals surface area contributed by atoms with Gasteiger partial charge in [-0.3, -0.25) is 0 Å². The van der Waals surface area contributed by atoms with Crippen molar-refractivity contribution in [3.63, 3.8) is 0 Å². The summed E-state index contributed by atoms with van der Waals surface area (Å²) in [6, 6.07) is 4.26. The van der Waals surface area contributed by atoms with E-state index in [4.69, 9.17) is 17.3 Å². The molecule has 1 aromatic carbocycles. The Morgan fingerprint density at radius 1 is 1.46 bits per heavy atom. The first kappa shape index (κ1) is 9.50. The Kier molecular flexibility index (Phi) is 2.63. The second kappa shape index (κ2) is 3.60. The topological polar surface area (TPSA) is 26.0 Å². The molecule has 0 saturated heterocycles. The van der Waals surface area contributed by atoms with Gasteiger partial charge in [0, 0.05) is 10.5 Å². The Bertz CT molecular complexity index is 338. The Morgan fingerprint density at radius 3 is 3.00 bits per heavy atom. The summed E-state index contributed by atoms with van der Waals surface area (Å²) in [4.78, 5) is 0. The van der Waals surface area contributed by atoms with E-state index in [-0.39, 0.29) is 6.04 Å². The smallest absolute Gasteiger partial charge is 0.0551 e. The van der Waals surface area contributed by atoms with Gasteiger partial charge in [-0.2, -0.15) is 0 Å². The van der Waals surface area contributed by atoms with Crippen LogP contribution >= 0.6 is 27.5 Å². The Hall–Kier alpha value is -0.0500. The molecule has 3 heteroatoms. The normalized spacial score (nSPS) is 21.3. The summed E-state index contributed by atoms with van der Waals surface area (Å²) >= 11 is 9.43. The molecule has 0 unspecified atom stereocenters. The molecule has 0 amide bonds. The van der Waals surface area contributed by atoms with Crippen LogP contribution in [-0.2, 0) is 6.42 Å². The van der Waals surface area contributed by atoms with Crippen LogP contribution < -0.4 is 5.73 Å². The third-order valence-corrected chi connectivity index (χ3v) is 3.74. The summed E-state index contributed by atoms with van der Waals surface area (Å²) in [6.07, 6.45) is 3.38. The van der Waals surface area contributed by atoms with Crippen molar-refractivity contribution >= 4 is 27.5 Å². The minimum atomic E-state index is 0.175. The van der Waals surface area contributed by atoms with Gasteiger partial charge in [0.1, 0.15) is 0 Å². The largest absolute Gasteiger partial charge is 0.324 e. The van der Waals surface area contributed by atoms with Crippen molar-refractivity contribution in [3.8, 4) is 0 Å². The lowest BCUT2D eigenvalue weighted by molar-refractivity contribution is 0.570. The molecular formula is C10H11BrClN. The molecule has 0 radical (unpaired) electrons. The van der Waals surface area contributed by atoms with Gasteiger partial charge in [0.2, 0.25) is 0 Å². The lowest BCUT2D eigenvalue weighted by Gasteiger charge is -2.22. The molecule has 1 aromatic rings. The summed E-state index contributed by atoms with van der Waals surface area (Å²) in [5, 5.41) is 0.760. The van der Waals surface area contributed by atoms with E-state index in [1.165, 1.54) is 17.5 Å². The Morgan fingerprint density at radius 2 is 2.23 bits per heavy atom. The summed E-state index contributed by atoms with van der Waals surface area (Å²) in [7, 11) is 0. The molecule has 70 valence electrons. The number of hydrogen-bond acceptors (Lipinski definition) is 1. The van der Waals surface area contributed by atoms with Crippen LogP contribution in [0.2, 0.25) is 5.02 Å². The number of halogens is 2. The first-order valence-corrected chi connectivity index (χ1v) is 5.59. The van der Waals surface area contributed by atoms with Crippen molar-refractivity contribution in [1.29, 1.82) is 0 Å². The average molecular weight is 261 g/mol. The highest BCUT2D eigenvalue weighted by Gasteiger charge is 2.17. The van der Waals surface area contributed by atoms with Gasteiger partial charge in [-0.05, 0) is 58.5 Å². The zero-order valence-electron chi connectivity index (χ0n) is 7.19. The third-order valence-electron chi connectivity index (χ3n) is 2.54. The molecule has 0 heterocycles. The van der Waals surface area contributed by atoms with Crippen LogP contribution in [0.1, 0.15) is 30.0 Å². The van der Waals surface area contributed by atoms with Gasteiger partial charge in [0.05, 0.1) is 5.02 Å². The molecule has 1 atom stereocenters. The highest BCUT2D eigenvalue weighted by atomic mass is 79.9. The van der Waals surface area contributed by atoms with Crippen LogP contribution in [0.15, 0.2) is 16.6 Å². The maximum Gasteiger partial charge on any atom is 0.0551 e. The van der Waals surface area contributed by atoms with Crippen LogP contribution in [0.25, 0.3) is 0 Å². The molecular weight excluding hydrogens is 249 g/mol. The average Bonchev–Trinajstić information content (AvgIpc) is 2.09. The molecule has 0 fully saturated rings. The Labute approximate surface area is 91.4 Å². The van der Waals surface area contributed by atoms with E-state index in [0.717, 1.165) is 22.3 Å². The number of benzene rings is 1. The number of aryl methyl sites for hydroxylation is 1. The fourth-order valence-corrected chi connectivity index (χ4v) is 2.40. The molecule has 0 aliphatic heterocycles. The molecule has 1 nitrogen and oxygen atoms in total. The third kappa shape index (κ3) is 1.76. The SMILES string of the molecule is N[C@@H]1CCCc2cc(Br)c(Cl)cc21. The van der Waals surface area contributed by atoms with Crippen molar-refractivity contribution in [3.05, 3.63) is 32.8 Å². The molecule has 0 bridgehead atoms. The first-order valence-electron chi connectivity index (χ1n) is 4.42. The molecule has 2 rings (SSSR count). The quantitative estimate of drug-likeness (QED) is 0.760. The summed E-state index contributed by atoms with van der Waals surface area (Å²) in [5.74, 6) is 0. The zero-order valence-corrected chi connectivity index (χ0v) is 9.53. The van der Waals surface area contributed by atoms with E-state index in [9.17, 15) is 0 Å². The van der Waals surface area contributed by atoms with Crippen LogP contribution in [-0.4, -0.2) is 0 Å². The second-order valence-corrected chi connectivity index (χ2v) is 4.73. The maximum absolute atomic E-state index is 6.01. The van der Waals surface area contributed by atoms with E-state index in [2.05, 4.69) is 22.0 Å². The summed E-state index contributed by atoms with van der Waals surface area (Å²) in [5.41, 5.74) is 8.56. The monoisotopic (exact) mass is 259 g/mol. The second-order valence-electron chi connectivity index (χ2n) is 3.46. The number of hydrogen-bond donors (Lipinski definition) is 1. The van der Waals surface area contributed by atoms with Crippen molar-refractivity contribution in [2.45, 2.75) is 25.3 Å². The minimum Gasteiger partial charge on any atom is -0.324 e. The van der Waals surface area contributed by atoms with E-state index in [1.54, 1.807) is 0 Å². The van der Waals surface area contributed by atoms with Gasteiger partial charge in [-0.25, -0.2) is 0 Å². The van der Waals surface area contributed by atoms with Crippen LogP contribution in [0.4, 0.5) is 0 Å². The van der Waals surface area contributed by atoms with E-state index in [0.29, 0.717) is 0 Å². The predicted octanol–water partition coefficient (Wildman–Crippen LogP) is 3.44. The van der Waals surface area contributed by atoms with Crippen LogP contribution in [0.3, 0.4) is 0 Å². The maximum atomic E-state index is 6.01. The van der Waals surface area contributed by atoms with Crippen molar-refractivity contribution in [1.82, 2.24) is 0 Å². The highest BCUT2D eigenvalue weighted by Crippen LogP contribution is 2.34. The van der Waals surface area contributed by atoms with Gasteiger partial charge in [0.25, 0.3) is 0 Å². The van der Waals surface area contributed by atoms with E-state index in [1.807, 2.05) is 6.07 Å². The molecule has 13 heavy (non-hydrogen) atoms. The summed E-state index contributed by atoms with van der Waals surface area (Å²) in [6.45, 7) is 0. The number of fused-ring (bicyclic) bond motifs is 1. The molecule has 1 aliphatic carbocycles. The fourth-order valence-electron chi connectivity index (χ4n) is 1.83. The first-order chi connectivity index (χ1) is 6.18. The van der Waals surface area contributed by atoms with Crippen LogP contribution in [0.5, 0.6) is 0 Å². The summed E-state index contributed by atoms with van der Waals surface area (Å²) < 4.78 is 0.974. The lowest BCUT2D eigenvalue weighted by Crippen LogP contribution is -2.17. The van der Waals surface area contributed by atoms with Crippen molar-refractivity contribution in [2.75, 3.05) is 0 Å². The van der Waals surface area contributed by atoms with Gasteiger partial charge in [-0.1, -0.05) is 11.6 Å². The van der Waals surface area contributed by atoms with E-state index >= 15 is 0 Å². The molecule has 2 N–H and O–H groups in total. The van der Waals surface area contributed by atoms with Gasteiger partial charge < -0.3 is 5.73 Å². The minimum absolute atomic E-state index is 0.175. The standard InChI is InChI=1S/C10H11BrClN/c11-8-4-6-2-1-3-10(13)7(6)5-9(8)12/h4-5,10H,1-3,13H2/t10-/m1/s1. The van der Waals surface area contributed by atoms with E-state index < -0.39 is 0 Å². The predicted molar refractivity (Wildman–Crippen MR) is 59.0 cm³/mol. The molecule has 0 saturated carbocycles. The van der Waals surface area contributed by atoms with Crippen LogP contribution in [0, 0.1) is 0 Å². The lowest BCUT2D eigenvalue weighted by atomic mass is 9.88. The highest BCUT2D eigenvalue weighted by molar-refractivity contribution is 9.10. The Balaban J connectivity index is 2.52. The van der Waals surface area contributed by atoms with Crippen molar-refractivity contribution < 1.29 is 0 Å². The molecule has 1 aliphatic rings. The molecule has 0 spiro atoms. The molecule has 0 aromatic heterocycles. The van der Waals surface area contributed by atoms with Gasteiger partial charge >= 0.3 is 0 Å². The fraction of sp³-hybridized carbons (Fsp3) is 0.400. The zero-order chi connectivity index (χ0) is 9.42. The van der Waals surface area contributed by atoms with Crippen molar-refractivity contribution in [2.24, 2.45) is 5.73 Å². The van der Waals surface area contributed by atoms with Gasteiger partial charge in [0.15, 0.2) is 0 Å². The number of rotatable bonds is 0. The number of nitrogens with two attached hydrogens (primary N) is 1.